The molecule has 3 rings (SSSR count). The maximum absolute atomic E-state index is 11.5. The number of benzene rings is 2. The van der Waals surface area contributed by atoms with Crippen molar-refractivity contribution in [2.24, 2.45) is 0 Å². The highest BCUT2D eigenvalue weighted by Crippen LogP contribution is 2.31. The summed E-state index contributed by atoms with van der Waals surface area (Å²) in [7, 11) is -1.22. The summed E-state index contributed by atoms with van der Waals surface area (Å²) in [5, 5.41) is 2.82. The fourth-order valence-corrected chi connectivity index (χ4v) is 3.62. The van der Waals surface area contributed by atoms with Gasteiger partial charge in [0.25, 0.3) is 0 Å². The molecular formula is C20H25N3O4S. The standard InChI is InChI=1S/C20H25N3O4S/c1-23(11-10-15-6-8-16(9-7-15)22-28(2,25)26)12-13-27-19-5-3-4-18-17(19)14-20(24)21-18/h3-9,22H,10-14H2,1-2H3,(H,21,24). The fraction of sp³-hybridized carbons (Fsp3) is 0.350. The Morgan fingerprint density at radius 1 is 1.14 bits per heavy atom. The molecule has 0 aromatic heterocycles. The van der Waals surface area contributed by atoms with Crippen molar-refractivity contribution in [2.75, 3.05) is 43.0 Å². The molecular weight excluding hydrogens is 378 g/mol. The molecule has 28 heavy (non-hydrogen) atoms. The summed E-state index contributed by atoms with van der Waals surface area (Å²) in [6.45, 7) is 2.16. The summed E-state index contributed by atoms with van der Waals surface area (Å²) < 4.78 is 30.8. The average Bonchev–Trinajstić information content (AvgIpc) is 3.01. The van der Waals surface area contributed by atoms with Gasteiger partial charge in [0, 0.05) is 30.0 Å². The first-order valence-electron chi connectivity index (χ1n) is 9.10. The number of hydrogen-bond acceptors (Lipinski definition) is 5. The van der Waals surface area contributed by atoms with E-state index in [1.54, 1.807) is 12.1 Å². The van der Waals surface area contributed by atoms with Crippen molar-refractivity contribution in [3.8, 4) is 5.75 Å². The zero-order chi connectivity index (χ0) is 20.1. The van der Waals surface area contributed by atoms with E-state index in [0.29, 0.717) is 18.7 Å². The molecule has 0 atom stereocenters. The Bertz CT molecular complexity index is 942. The average molecular weight is 404 g/mol. The minimum atomic E-state index is -3.25. The Kier molecular flexibility index (Phi) is 6.21. The van der Waals surface area contributed by atoms with Crippen molar-refractivity contribution >= 4 is 27.3 Å². The van der Waals surface area contributed by atoms with Crippen LogP contribution in [0.15, 0.2) is 42.5 Å². The number of hydrogen-bond donors (Lipinski definition) is 2. The number of rotatable bonds is 9. The van der Waals surface area contributed by atoms with Crippen LogP contribution in [0.25, 0.3) is 0 Å². The van der Waals surface area contributed by atoms with Crippen LogP contribution in [-0.2, 0) is 27.7 Å². The van der Waals surface area contributed by atoms with Gasteiger partial charge < -0.3 is 15.0 Å². The zero-order valence-corrected chi connectivity index (χ0v) is 16.9. The van der Waals surface area contributed by atoms with Gasteiger partial charge in [0.05, 0.1) is 12.7 Å². The summed E-state index contributed by atoms with van der Waals surface area (Å²) in [4.78, 5) is 13.7. The minimum absolute atomic E-state index is 0.000854. The Morgan fingerprint density at radius 3 is 2.61 bits per heavy atom. The Hall–Kier alpha value is -2.58. The lowest BCUT2D eigenvalue weighted by molar-refractivity contribution is -0.115. The lowest BCUT2D eigenvalue weighted by Gasteiger charge is -2.18. The van der Waals surface area contributed by atoms with E-state index < -0.39 is 10.0 Å². The number of nitrogens with one attached hydrogen (secondary N) is 2. The molecule has 0 spiro atoms. The van der Waals surface area contributed by atoms with Crippen LogP contribution in [0, 0.1) is 0 Å². The molecule has 7 nitrogen and oxygen atoms in total. The van der Waals surface area contributed by atoms with Gasteiger partial charge in [-0.15, -0.1) is 0 Å². The number of ether oxygens (including phenoxy) is 1. The van der Waals surface area contributed by atoms with E-state index in [2.05, 4.69) is 14.9 Å². The van der Waals surface area contributed by atoms with Crippen LogP contribution in [-0.4, -0.2) is 52.2 Å². The van der Waals surface area contributed by atoms with E-state index in [0.717, 1.165) is 48.3 Å². The molecule has 0 saturated carbocycles. The number of carbonyl (C=O) groups excluding carboxylic acids is 1. The van der Waals surface area contributed by atoms with E-state index in [1.165, 1.54) is 0 Å². The first-order chi connectivity index (χ1) is 13.3. The monoisotopic (exact) mass is 403 g/mol. The van der Waals surface area contributed by atoms with Crippen molar-refractivity contribution < 1.29 is 17.9 Å². The molecule has 0 fully saturated rings. The number of amides is 1. The van der Waals surface area contributed by atoms with Gasteiger partial charge in [-0.1, -0.05) is 18.2 Å². The molecule has 0 unspecified atom stereocenters. The summed E-state index contributed by atoms with van der Waals surface area (Å²) in [5.74, 6) is 0.763. The van der Waals surface area contributed by atoms with E-state index in [1.807, 2.05) is 37.4 Å². The summed E-state index contributed by atoms with van der Waals surface area (Å²) in [5.41, 5.74) is 3.47. The molecule has 8 heteroatoms. The molecule has 150 valence electrons. The fourth-order valence-electron chi connectivity index (χ4n) is 3.05. The van der Waals surface area contributed by atoms with Gasteiger partial charge in [0.1, 0.15) is 12.4 Å². The Morgan fingerprint density at radius 2 is 1.89 bits per heavy atom. The highest BCUT2D eigenvalue weighted by Gasteiger charge is 2.21. The molecule has 1 aliphatic heterocycles. The van der Waals surface area contributed by atoms with Gasteiger partial charge in [-0.2, -0.15) is 0 Å². The second-order valence-electron chi connectivity index (χ2n) is 6.98. The number of carbonyl (C=O) groups is 1. The van der Waals surface area contributed by atoms with Crippen LogP contribution < -0.4 is 14.8 Å². The smallest absolute Gasteiger partial charge is 0.229 e. The topological polar surface area (TPSA) is 87.7 Å². The zero-order valence-electron chi connectivity index (χ0n) is 16.1. The van der Waals surface area contributed by atoms with Crippen LogP contribution in [0.1, 0.15) is 11.1 Å². The first-order valence-corrected chi connectivity index (χ1v) is 11.0. The van der Waals surface area contributed by atoms with Crippen molar-refractivity contribution in [1.82, 2.24) is 4.90 Å². The molecule has 0 radical (unpaired) electrons. The van der Waals surface area contributed by atoms with Gasteiger partial charge in [-0.05, 0) is 43.3 Å². The molecule has 0 aliphatic carbocycles. The highest BCUT2D eigenvalue weighted by atomic mass is 32.2. The third kappa shape index (κ3) is 5.71. The van der Waals surface area contributed by atoms with Crippen LogP contribution in [0.4, 0.5) is 11.4 Å². The van der Waals surface area contributed by atoms with Crippen molar-refractivity contribution in [1.29, 1.82) is 0 Å². The van der Waals surface area contributed by atoms with Crippen LogP contribution >= 0.6 is 0 Å². The van der Waals surface area contributed by atoms with Gasteiger partial charge in [0.2, 0.25) is 15.9 Å². The second kappa shape index (κ2) is 8.62. The van der Waals surface area contributed by atoms with Crippen LogP contribution in [0.2, 0.25) is 0 Å². The summed E-state index contributed by atoms with van der Waals surface area (Å²) in [6.07, 6.45) is 2.36. The molecule has 2 aromatic carbocycles. The molecule has 2 aromatic rings. The molecule has 1 amide bonds. The Labute approximate surface area is 165 Å². The van der Waals surface area contributed by atoms with Gasteiger partial charge in [-0.3, -0.25) is 9.52 Å². The predicted octanol–water partition coefficient (Wildman–Crippen LogP) is 2.11. The van der Waals surface area contributed by atoms with E-state index in [9.17, 15) is 13.2 Å². The van der Waals surface area contributed by atoms with Crippen molar-refractivity contribution in [3.05, 3.63) is 53.6 Å². The van der Waals surface area contributed by atoms with E-state index in [-0.39, 0.29) is 5.91 Å². The largest absolute Gasteiger partial charge is 0.492 e. The third-order valence-electron chi connectivity index (χ3n) is 4.51. The lowest BCUT2D eigenvalue weighted by atomic mass is 10.1. The highest BCUT2D eigenvalue weighted by molar-refractivity contribution is 7.92. The van der Waals surface area contributed by atoms with Crippen LogP contribution in [0.3, 0.4) is 0 Å². The molecule has 1 heterocycles. The molecule has 1 aliphatic rings. The lowest BCUT2D eigenvalue weighted by Crippen LogP contribution is -2.26. The SMILES string of the molecule is CN(CCOc1cccc2c1CC(=O)N2)CCc1ccc(NS(C)(=O)=O)cc1. The number of likely N-dealkylation sites (N-methyl/N-ethyl adjacent to an activating group) is 1. The summed E-state index contributed by atoms with van der Waals surface area (Å²) >= 11 is 0. The Balaban J connectivity index is 1.42. The van der Waals surface area contributed by atoms with E-state index >= 15 is 0 Å². The molecule has 0 saturated heterocycles. The quantitative estimate of drug-likeness (QED) is 0.670. The molecule has 0 bridgehead atoms. The number of anilines is 2. The van der Waals surface area contributed by atoms with Gasteiger partial charge in [0.15, 0.2) is 0 Å². The van der Waals surface area contributed by atoms with Gasteiger partial charge in [-0.25, -0.2) is 8.42 Å². The van der Waals surface area contributed by atoms with E-state index in [4.69, 9.17) is 4.74 Å². The second-order valence-corrected chi connectivity index (χ2v) is 8.73. The van der Waals surface area contributed by atoms with Gasteiger partial charge >= 0.3 is 0 Å². The summed E-state index contributed by atoms with van der Waals surface area (Å²) in [6, 6.07) is 13.0. The van der Waals surface area contributed by atoms with Crippen molar-refractivity contribution in [3.63, 3.8) is 0 Å². The van der Waals surface area contributed by atoms with Crippen LogP contribution in [0.5, 0.6) is 5.75 Å². The van der Waals surface area contributed by atoms with Crippen molar-refractivity contribution in [2.45, 2.75) is 12.8 Å². The maximum atomic E-state index is 11.5. The predicted molar refractivity (Wildman–Crippen MR) is 110 cm³/mol. The minimum Gasteiger partial charge on any atom is -0.492 e. The number of fused-ring (bicyclic) bond motifs is 1. The normalized spacial score (nSPS) is 13.3. The molecule has 2 N–H and O–H groups in total. The number of sulfonamides is 1. The number of nitrogens with zero attached hydrogens (tertiary/aromatic N) is 1. The third-order valence-corrected chi connectivity index (χ3v) is 5.12. The first kappa shape index (κ1) is 20.2. The maximum Gasteiger partial charge on any atom is 0.229 e.